The van der Waals surface area contributed by atoms with Gasteiger partial charge in [0.05, 0.1) is 6.04 Å². The number of unbranched alkanes of at least 4 members (excludes halogenated alkanes) is 1. The van der Waals surface area contributed by atoms with Gasteiger partial charge in [0, 0.05) is 0 Å². The largest absolute Gasteiger partial charge is 0.321 e. The molecule has 0 aromatic carbocycles. The quantitative estimate of drug-likeness (QED) is 0.658. The fourth-order valence-electron chi connectivity index (χ4n) is 2.26. The molecule has 1 aliphatic rings. The van der Waals surface area contributed by atoms with E-state index in [2.05, 4.69) is 6.92 Å². The van der Waals surface area contributed by atoms with Gasteiger partial charge in [-0.1, -0.05) is 45.4 Å². The number of carbonyl (C=O) groups is 1. The van der Waals surface area contributed by atoms with Crippen LogP contribution in [-0.4, -0.2) is 11.8 Å². The Morgan fingerprint density at radius 2 is 2.07 bits per heavy atom. The summed E-state index contributed by atoms with van der Waals surface area (Å²) in [7, 11) is 0. The van der Waals surface area contributed by atoms with Gasteiger partial charge < -0.3 is 5.73 Å². The minimum absolute atomic E-state index is 0.126. The highest BCUT2D eigenvalue weighted by atomic mass is 16.1. The molecule has 1 fully saturated rings. The molecule has 2 unspecified atom stereocenters. The Morgan fingerprint density at radius 1 is 1.40 bits per heavy atom. The first-order chi connectivity index (χ1) is 7.11. The van der Waals surface area contributed by atoms with Crippen molar-refractivity contribution >= 4 is 5.78 Å². The first-order valence-corrected chi connectivity index (χ1v) is 6.37. The molecular weight excluding hydrogens is 186 g/mol. The summed E-state index contributed by atoms with van der Waals surface area (Å²) >= 11 is 0. The molecule has 2 heteroatoms. The van der Waals surface area contributed by atoms with Crippen LogP contribution in [0.3, 0.4) is 0 Å². The Kier molecular flexibility index (Phi) is 5.30. The van der Waals surface area contributed by atoms with Gasteiger partial charge in [-0.2, -0.15) is 0 Å². The van der Waals surface area contributed by atoms with Crippen LogP contribution in [0.25, 0.3) is 0 Å². The molecule has 0 amide bonds. The van der Waals surface area contributed by atoms with E-state index in [0.29, 0.717) is 5.92 Å². The molecule has 0 saturated heterocycles. The predicted octanol–water partition coefficient (Wildman–Crippen LogP) is 2.90. The number of hydrogen-bond donors (Lipinski definition) is 1. The van der Waals surface area contributed by atoms with E-state index in [-0.39, 0.29) is 11.8 Å². The van der Waals surface area contributed by atoms with E-state index >= 15 is 0 Å². The van der Waals surface area contributed by atoms with Crippen molar-refractivity contribution in [3.63, 3.8) is 0 Å². The third-order valence-corrected chi connectivity index (χ3v) is 3.83. The molecule has 2 atom stereocenters. The summed E-state index contributed by atoms with van der Waals surface area (Å²) in [6.07, 6.45) is 9.38. The van der Waals surface area contributed by atoms with Crippen LogP contribution in [0.4, 0.5) is 0 Å². The van der Waals surface area contributed by atoms with E-state index in [1.165, 1.54) is 38.5 Å². The van der Waals surface area contributed by atoms with Crippen LogP contribution in [0.5, 0.6) is 0 Å². The van der Waals surface area contributed by atoms with Crippen LogP contribution in [0.1, 0.15) is 58.8 Å². The molecule has 1 rings (SSSR count). The maximum atomic E-state index is 11.1. The van der Waals surface area contributed by atoms with Crippen molar-refractivity contribution in [2.24, 2.45) is 17.6 Å². The average molecular weight is 211 g/mol. The van der Waals surface area contributed by atoms with Crippen LogP contribution in [0.15, 0.2) is 0 Å². The summed E-state index contributed by atoms with van der Waals surface area (Å²) in [5.41, 5.74) is 5.79. The van der Waals surface area contributed by atoms with E-state index in [1.807, 2.05) is 0 Å². The molecule has 0 aromatic heterocycles. The average Bonchev–Trinajstić information content (AvgIpc) is 2.13. The van der Waals surface area contributed by atoms with Crippen molar-refractivity contribution < 1.29 is 4.79 Å². The molecule has 2 nitrogen and oxygen atoms in total. The Morgan fingerprint density at radius 3 is 2.53 bits per heavy atom. The fraction of sp³-hybridized carbons (Fsp3) is 0.923. The van der Waals surface area contributed by atoms with E-state index in [9.17, 15) is 4.79 Å². The van der Waals surface area contributed by atoms with E-state index in [4.69, 9.17) is 5.73 Å². The SMILES string of the molecule is CC(=O)C(N)C(C)CCCCC1CCC1. The van der Waals surface area contributed by atoms with Crippen molar-refractivity contribution in [2.75, 3.05) is 0 Å². The second kappa shape index (κ2) is 6.26. The molecule has 15 heavy (non-hydrogen) atoms. The topological polar surface area (TPSA) is 43.1 Å². The number of hydrogen-bond acceptors (Lipinski definition) is 2. The van der Waals surface area contributed by atoms with Gasteiger partial charge in [-0.15, -0.1) is 0 Å². The Balaban J connectivity index is 2.00. The number of rotatable bonds is 7. The standard InChI is InChI=1S/C13H25NO/c1-10(13(14)11(2)15)6-3-4-7-12-8-5-9-12/h10,12-13H,3-9,14H2,1-2H3. The van der Waals surface area contributed by atoms with Gasteiger partial charge in [0.1, 0.15) is 5.78 Å². The highest BCUT2D eigenvalue weighted by Crippen LogP contribution is 2.31. The summed E-state index contributed by atoms with van der Waals surface area (Å²) < 4.78 is 0. The molecule has 0 aliphatic heterocycles. The lowest BCUT2D eigenvalue weighted by Crippen LogP contribution is -2.35. The van der Waals surface area contributed by atoms with Crippen LogP contribution in [-0.2, 0) is 4.79 Å². The lowest BCUT2D eigenvalue weighted by atomic mass is 9.81. The van der Waals surface area contributed by atoms with Gasteiger partial charge in [-0.3, -0.25) is 4.79 Å². The number of carbonyl (C=O) groups excluding carboxylic acids is 1. The highest BCUT2D eigenvalue weighted by Gasteiger charge is 2.18. The molecule has 2 N–H and O–H groups in total. The zero-order valence-corrected chi connectivity index (χ0v) is 10.2. The molecular formula is C13H25NO. The van der Waals surface area contributed by atoms with Crippen molar-refractivity contribution in [1.82, 2.24) is 0 Å². The van der Waals surface area contributed by atoms with Crippen molar-refractivity contribution in [3.05, 3.63) is 0 Å². The van der Waals surface area contributed by atoms with Crippen molar-refractivity contribution in [3.8, 4) is 0 Å². The maximum absolute atomic E-state index is 11.1. The van der Waals surface area contributed by atoms with Crippen LogP contribution in [0, 0.1) is 11.8 Å². The monoisotopic (exact) mass is 211 g/mol. The normalized spacial score (nSPS) is 20.7. The molecule has 1 saturated carbocycles. The summed E-state index contributed by atoms with van der Waals surface area (Å²) in [4.78, 5) is 11.1. The van der Waals surface area contributed by atoms with Crippen LogP contribution < -0.4 is 5.73 Å². The van der Waals surface area contributed by atoms with Gasteiger partial charge in [0.25, 0.3) is 0 Å². The molecule has 0 heterocycles. The zero-order valence-electron chi connectivity index (χ0n) is 10.2. The molecule has 88 valence electrons. The van der Waals surface area contributed by atoms with Gasteiger partial charge in [0.2, 0.25) is 0 Å². The molecule has 0 aromatic rings. The lowest BCUT2D eigenvalue weighted by molar-refractivity contribution is -0.119. The van der Waals surface area contributed by atoms with Crippen molar-refractivity contribution in [1.29, 1.82) is 0 Å². The van der Waals surface area contributed by atoms with Crippen LogP contribution >= 0.6 is 0 Å². The Labute approximate surface area is 93.6 Å². The minimum Gasteiger partial charge on any atom is -0.321 e. The van der Waals surface area contributed by atoms with Crippen LogP contribution in [0.2, 0.25) is 0 Å². The minimum atomic E-state index is -0.242. The Bertz CT molecular complexity index is 199. The van der Waals surface area contributed by atoms with Crippen molar-refractivity contribution in [2.45, 2.75) is 64.8 Å². The number of Topliss-reactive ketones (excluding diaryl/α,β-unsaturated/α-hetero) is 1. The molecule has 0 bridgehead atoms. The number of nitrogens with two attached hydrogens (primary N) is 1. The molecule has 1 aliphatic carbocycles. The lowest BCUT2D eigenvalue weighted by Gasteiger charge is -2.25. The number of ketones is 1. The smallest absolute Gasteiger partial charge is 0.146 e. The first-order valence-electron chi connectivity index (χ1n) is 6.37. The first kappa shape index (κ1) is 12.7. The van der Waals surface area contributed by atoms with Gasteiger partial charge in [0.15, 0.2) is 0 Å². The zero-order chi connectivity index (χ0) is 11.3. The van der Waals surface area contributed by atoms with Gasteiger partial charge in [-0.05, 0) is 25.2 Å². The fourth-order valence-corrected chi connectivity index (χ4v) is 2.26. The second-order valence-corrected chi connectivity index (χ2v) is 5.20. The third-order valence-electron chi connectivity index (χ3n) is 3.83. The highest BCUT2D eigenvalue weighted by molar-refractivity contribution is 5.81. The summed E-state index contributed by atoms with van der Waals surface area (Å²) in [5.74, 6) is 1.49. The molecule has 0 radical (unpaired) electrons. The van der Waals surface area contributed by atoms with Gasteiger partial charge in [-0.25, -0.2) is 0 Å². The van der Waals surface area contributed by atoms with E-state index in [0.717, 1.165) is 12.3 Å². The Hall–Kier alpha value is -0.370. The van der Waals surface area contributed by atoms with E-state index < -0.39 is 0 Å². The summed E-state index contributed by atoms with van der Waals surface area (Å²) in [5, 5.41) is 0. The predicted molar refractivity (Wildman–Crippen MR) is 63.6 cm³/mol. The summed E-state index contributed by atoms with van der Waals surface area (Å²) in [6, 6.07) is -0.242. The second-order valence-electron chi connectivity index (χ2n) is 5.20. The summed E-state index contributed by atoms with van der Waals surface area (Å²) in [6.45, 7) is 3.69. The third kappa shape index (κ3) is 4.33. The van der Waals surface area contributed by atoms with Gasteiger partial charge >= 0.3 is 0 Å². The van der Waals surface area contributed by atoms with E-state index in [1.54, 1.807) is 6.92 Å². The maximum Gasteiger partial charge on any atom is 0.146 e. The molecule has 0 spiro atoms.